The monoisotopic (exact) mass is 279 g/mol. The molecule has 108 valence electrons. The van der Waals surface area contributed by atoms with Gasteiger partial charge in [0.1, 0.15) is 6.23 Å². The molecule has 0 bridgehead atoms. The second-order valence-electron chi connectivity index (χ2n) is 5.03. The molecule has 2 rings (SSSR count). The number of rotatable bonds is 3. The van der Waals surface area contributed by atoms with Gasteiger partial charge in [0.15, 0.2) is 11.6 Å². The summed E-state index contributed by atoms with van der Waals surface area (Å²) in [5.41, 5.74) is 6.87. The number of nitrogens with two attached hydrogens (primary N) is 1. The summed E-state index contributed by atoms with van der Waals surface area (Å²) in [6.07, 6.45) is 3.54. The molecule has 1 aliphatic heterocycles. The maximum atomic E-state index is 13.5. The first-order valence-corrected chi connectivity index (χ1v) is 6.52. The third-order valence-corrected chi connectivity index (χ3v) is 3.89. The molecule has 5 nitrogen and oxygen atoms in total. The van der Waals surface area contributed by atoms with Crippen molar-refractivity contribution in [2.45, 2.75) is 38.5 Å². The van der Waals surface area contributed by atoms with Crippen LogP contribution in [0.1, 0.15) is 32.9 Å². The van der Waals surface area contributed by atoms with Crippen molar-refractivity contribution in [3.8, 4) is 0 Å². The Kier molecular flexibility index (Phi) is 3.79. The van der Waals surface area contributed by atoms with Crippen LogP contribution in [-0.2, 0) is 4.74 Å². The lowest BCUT2D eigenvalue weighted by Crippen LogP contribution is -2.32. The number of aromatic nitrogens is 2. The van der Waals surface area contributed by atoms with Crippen LogP contribution in [0.2, 0.25) is 0 Å². The molecule has 0 amide bonds. The molecule has 2 N–H and O–H groups in total. The van der Waals surface area contributed by atoms with Crippen LogP contribution in [0.25, 0.3) is 0 Å². The van der Waals surface area contributed by atoms with Crippen LogP contribution in [0.15, 0.2) is 29.4 Å². The van der Waals surface area contributed by atoms with Crippen molar-refractivity contribution in [1.82, 2.24) is 9.55 Å². The van der Waals surface area contributed by atoms with E-state index in [1.807, 2.05) is 13.8 Å². The smallest absolute Gasteiger partial charge is 0.351 e. The standard InChI is InChI=1S/C14H18FN3O2/c1-4-6-14(5-2)9(3)7-11(20-14)18-8-10(15)12(16)17-13(18)19/h6,8-9,11H,1,5,7H2,2-3H3,(H2,16,17,19)/t9-,11+,14-/m0/s1. The molecule has 1 aliphatic rings. The molecule has 1 fully saturated rings. The zero-order valence-corrected chi connectivity index (χ0v) is 11.6. The number of hydrogen-bond acceptors (Lipinski definition) is 4. The van der Waals surface area contributed by atoms with E-state index in [0.717, 1.165) is 10.8 Å². The highest BCUT2D eigenvalue weighted by atomic mass is 19.1. The summed E-state index contributed by atoms with van der Waals surface area (Å²) in [7, 11) is 0. The Bertz CT molecular complexity index is 621. The van der Waals surface area contributed by atoms with Crippen LogP contribution >= 0.6 is 0 Å². The van der Waals surface area contributed by atoms with E-state index >= 15 is 0 Å². The minimum absolute atomic E-state index is 0.152. The third kappa shape index (κ3) is 2.28. The summed E-state index contributed by atoms with van der Waals surface area (Å²) in [5, 5.41) is 0. The Morgan fingerprint density at radius 2 is 2.50 bits per heavy atom. The summed E-state index contributed by atoms with van der Waals surface area (Å²) in [6.45, 7) is 7.58. The van der Waals surface area contributed by atoms with Crippen LogP contribution in [0.4, 0.5) is 10.2 Å². The summed E-state index contributed by atoms with van der Waals surface area (Å²) < 4.78 is 20.6. The van der Waals surface area contributed by atoms with E-state index in [4.69, 9.17) is 10.5 Å². The normalized spacial score (nSPS) is 29.1. The fourth-order valence-corrected chi connectivity index (χ4v) is 2.64. The Morgan fingerprint density at radius 1 is 1.80 bits per heavy atom. The molecule has 0 aromatic carbocycles. The zero-order chi connectivity index (χ0) is 14.9. The number of hydrogen-bond donors (Lipinski definition) is 1. The van der Waals surface area contributed by atoms with Gasteiger partial charge in [-0.2, -0.15) is 4.98 Å². The first-order chi connectivity index (χ1) is 9.43. The largest absolute Gasteiger partial charge is 0.381 e. The molecule has 6 heteroatoms. The summed E-state index contributed by atoms with van der Waals surface area (Å²) in [6, 6.07) is 0. The van der Waals surface area contributed by atoms with Gasteiger partial charge in [-0.25, -0.2) is 9.18 Å². The molecule has 3 atom stereocenters. The van der Waals surface area contributed by atoms with Crippen LogP contribution < -0.4 is 11.4 Å². The van der Waals surface area contributed by atoms with Crippen molar-refractivity contribution in [2.75, 3.05) is 5.73 Å². The maximum absolute atomic E-state index is 13.5. The van der Waals surface area contributed by atoms with Crippen LogP contribution in [0.3, 0.4) is 0 Å². The third-order valence-electron chi connectivity index (χ3n) is 3.89. The maximum Gasteiger partial charge on any atom is 0.351 e. The van der Waals surface area contributed by atoms with Gasteiger partial charge in [-0.15, -0.1) is 5.73 Å². The lowest BCUT2D eigenvalue weighted by molar-refractivity contribution is -0.0563. The number of nitrogen functional groups attached to an aromatic ring is 1. The van der Waals surface area contributed by atoms with Gasteiger partial charge in [-0.3, -0.25) is 4.57 Å². The van der Waals surface area contributed by atoms with Crippen molar-refractivity contribution < 1.29 is 9.13 Å². The van der Waals surface area contributed by atoms with Gasteiger partial charge in [0.05, 0.1) is 11.8 Å². The van der Waals surface area contributed by atoms with Gasteiger partial charge in [-0.05, 0) is 24.8 Å². The van der Waals surface area contributed by atoms with Crippen molar-refractivity contribution in [1.29, 1.82) is 0 Å². The molecule has 2 heterocycles. The highest BCUT2D eigenvalue weighted by Crippen LogP contribution is 2.43. The van der Waals surface area contributed by atoms with E-state index in [-0.39, 0.29) is 5.92 Å². The molecule has 1 aromatic rings. The predicted octanol–water partition coefficient (Wildman–Crippen LogP) is 2.01. The highest BCUT2D eigenvalue weighted by Gasteiger charge is 2.44. The number of ether oxygens (including phenoxy) is 1. The van der Waals surface area contributed by atoms with Crippen molar-refractivity contribution in [3.05, 3.63) is 40.9 Å². The van der Waals surface area contributed by atoms with E-state index in [1.54, 1.807) is 6.08 Å². The number of halogens is 1. The fraction of sp³-hybridized carbons (Fsp3) is 0.500. The molecule has 20 heavy (non-hydrogen) atoms. The topological polar surface area (TPSA) is 70.1 Å². The molecule has 0 unspecified atom stereocenters. The van der Waals surface area contributed by atoms with Crippen LogP contribution in [-0.4, -0.2) is 15.2 Å². The van der Waals surface area contributed by atoms with E-state index < -0.39 is 29.2 Å². The quantitative estimate of drug-likeness (QED) is 0.859. The molecular formula is C14H18FN3O2. The second kappa shape index (κ2) is 5.23. The lowest BCUT2D eigenvalue weighted by Gasteiger charge is -2.27. The van der Waals surface area contributed by atoms with E-state index in [9.17, 15) is 9.18 Å². The van der Waals surface area contributed by atoms with Gasteiger partial charge >= 0.3 is 5.69 Å². The van der Waals surface area contributed by atoms with Gasteiger partial charge in [0.2, 0.25) is 0 Å². The Hall–Kier alpha value is -1.91. The van der Waals surface area contributed by atoms with E-state index in [1.165, 1.54) is 0 Å². The SMILES string of the molecule is C=C=C[C@]1(CC)O[C@@H](n2cc(F)c(N)nc2=O)C[C@@H]1C. The minimum Gasteiger partial charge on any atom is -0.381 e. The number of nitrogens with zero attached hydrogens (tertiary/aromatic N) is 2. The highest BCUT2D eigenvalue weighted by molar-refractivity contribution is 5.26. The number of anilines is 1. The molecular weight excluding hydrogens is 261 g/mol. The Morgan fingerprint density at radius 3 is 3.10 bits per heavy atom. The van der Waals surface area contributed by atoms with Gasteiger partial charge in [-0.1, -0.05) is 20.4 Å². The Labute approximate surface area is 116 Å². The van der Waals surface area contributed by atoms with Gasteiger partial charge in [0.25, 0.3) is 0 Å². The van der Waals surface area contributed by atoms with Crippen LogP contribution in [0, 0.1) is 11.7 Å². The molecule has 0 saturated carbocycles. The summed E-state index contributed by atoms with van der Waals surface area (Å²) >= 11 is 0. The first-order valence-electron chi connectivity index (χ1n) is 6.52. The molecule has 0 spiro atoms. The first kappa shape index (κ1) is 14.5. The van der Waals surface area contributed by atoms with Crippen molar-refractivity contribution in [2.24, 2.45) is 5.92 Å². The summed E-state index contributed by atoms with van der Waals surface area (Å²) in [5.74, 6) is -0.974. The van der Waals surface area contributed by atoms with Crippen molar-refractivity contribution >= 4 is 5.82 Å². The van der Waals surface area contributed by atoms with Crippen LogP contribution in [0.5, 0.6) is 0 Å². The lowest BCUT2D eigenvalue weighted by atomic mass is 9.86. The van der Waals surface area contributed by atoms with Gasteiger partial charge < -0.3 is 10.5 Å². The van der Waals surface area contributed by atoms with E-state index in [0.29, 0.717) is 12.8 Å². The molecule has 1 saturated heterocycles. The van der Waals surface area contributed by atoms with Gasteiger partial charge in [0, 0.05) is 0 Å². The molecule has 0 aliphatic carbocycles. The minimum atomic E-state index is -0.728. The van der Waals surface area contributed by atoms with Crippen molar-refractivity contribution in [3.63, 3.8) is 0 Å². The summed E-state index contributed by atoms with van der Waals surface area (Å²) in [4.78, 5) is 15.3. The zero-order valence-electron chi connectivity index (χ0n) is 11.6. The predicted molar refractivity (Wildman–Crippen MR) is 73.5 cm³/mol. The Balaban J connectivity index is 2.40. The second-order valence-corrected chi connectivity index (χ2v) is 5.03. The molecule has 0 radical (unpaired) electrons. The molecule has 1 aromatic heterocycles. The average Bonchev–Trinajstić information content (AvgIpc) is 2.72. The fourth-order valence-electron chi connectivity index (χ4n) is 2.64. The van der Waals surface area contributed by atoms with E-state index in [2.05, 4.69) is 17.3 Å². The average molecular weight is 279 g/mol.